The summed E-state index contributed by atoms with van der Waals surface area (Å²) in [6, 6.07) is 5.60. The zero-order chi connectivity index (χ0) is 23.8. The van der Waals surface area contributed by atoms with Crippen molar-refractivity contribution in [1.29, 1.82) is 0 Å². The van der Waals surface area contributed by atoms with Gasteiger partial charge >= 0.3 is 12.0 Å². The first kappa shape index (κ1) is 26.1. The summed E-state index contributed by atoms with van der Waals surface area (Å²) < 4.78 is 5.01. The molecule has 1 unspecified atom stereocenters. The number of ether oxygens (including phenoxy) is 1. The molecule has 0 heterocycles. The van der Waals surface area contributed by atoms with E-state index in [1.807, 2.05) is 26.0 Å². The fourth-order valence-corrected chi connectivity index (χ4v) is 2.57. The number of imide groups is 1. The predicted octanol–water partition coefficient (Wildman–Crippen LogP) is 2.76. The summed E-state index contributed by atoms with van der Waals surface area (Å²) in [4.78, 5) is 48.4. The Hall–Kier alpha value is -2.90. The first-order chi connectivity index (χ1) is 14.3. The van der Waals surface area contributed by atoms with Gasteiger partial charge in [-0.15, -0.1) is 0 Å². The van der Waals surface area contributed by atoms with Crippen LogP contribution in [-0.2, 0) is 19.7 Å². The Balaban J connectivity index is 2.64. The zero-order valence-corrected chi connectivity index (χ0v) is 19.5. The molecule has 0 saturated heterocycles. The highest BCUT2D eigenvalue weighted by Crippen LogP contribution is 2.22. The van der Waals surface area contributed by atoms with Crippen LogP contribution in [0.1, 0.15) is 64.4 Å². The van der Waals surface area contributed by atoms with E-state index in [0.29, 0.717) is 12.1 Å². The van der Waals surface area contributed by atoms with Gasteiger partial charge in [-0.1, -0.05) is 60.6 Å². The predicted molar refractivity (Wildman–Crippen MR) is 119 cm³/mol. The minimum Gasteiger partial charge on any atom is -0.454 e. The van der Waals surface area contributed by atoms with E-state index >= 15 is 0 Å². The fraction of sp³-hybridized carbons (Fsp3) is 0.565. The van der Waals surface area contributed by atoms with Gasteiger partial charge in [0.1, 0.15) is 6.04 Å². The Morgan fingerprint density at radius 3 is 2.03 bits per heavy atom. The van der Waals surface area contributed by atoms with Gasteiger partial charge in [0.05, 0.1) is 0 Å². The van der Waals surface area contributed by atoms with Crippen LogP contribution >= 0.6 is 0 Å². The van der Waals surface area contributed by atoms with E-state index in [1.54, 1.807) is 26.0 Å². The van der Waals surface area contributed by atoms with Gasteiger partial charge in [0.15, 0.2) is 6.61 Å². The van der Waals surface area contributed by atoms with Gasteiger partial charge in [-0.05, 0) is 34.9 Å². The number of nitrogens with one attached hydrogen (secondary N) is 3. The third-order valence-electron chi connectivity index (χ3n) is 4.49. The SMILES string of the molecule is CC(C)CNC(=O)NC(=O)COC(=O)C(NC(=O)c1ccc(C(C)(C)C)cc1)C(C)C. The van der Waals surface area contributed by atoms with E-state index in [9.17, 15) is 19.2 Å². The van der Waals surface area contributed by atoms with Gasteiger partial charge in [-0.3, -0.25) is 14.9 Å². The number of carbonyl (C=O) groups excluding carboxylic acids is 4. The molecule has 1 atom stereocenters. The van der Waals surface area contributed by atoms with E-state index in [4.69, 9.17) is 4.74 Å². The van der Waals surface area contributed by atoms with Crippen LogP contribution in [0.2, 0.25) is 0 Å². The molecule has 4 amide bonds. The third-order valence-corrected chi connectivity index (χ3v) is 4.49. The van der Waals surface area contributed by atoms with Gasteiger partial charge in [-0.25, -0.2) is 9.59 Å². The molecule has 1 rings (SSSR count). The zero-order valence-electron chi connectivity index (χ0n) is 19.5. The highest BCUT2D eigenvalue weighted by molar-refractivity contribution is 5.98. The van der Waals surface area contributed by atoms with E-state index in [0.717, 1.165) is 5.56 Å². The van der Waals surface area contributed by atoms with E-state index in [-0.39, 0.29) is 17.3 Å². The second-order valence-electron chi connectivity index (χ2n) is 9.28. The van der Waals surface area contributed by atoms with Crippen molar-refractivity contribution in [2.24, 2.45) is 11.8 Å². The molecular formula is C23H35N3O5. The lowest BCUT2D eigenvalue weighted by Gasteiger charge is -2.22. The molecule has 8 heteroatoms. The van der Waals surface area contributed by atoms with Crippen LogP contribution in [0.4, 0.5) is 4.79 Å². The summed E-state index contributed by atoms with van der Waals surface area (Å²) in [5.74, 6) is -1.93. The summed E-state index contributed by atoms with van der Waals surface area (Å²) >= 11 is 0. The molecule has 31 heavy (non-hydrogen) atoms. The molecule has 3 N–H and O–H groups in total. The monoisotopic (exact) mass is 433 g/mol. The molecule has 0 spiro atoms. The van der Waals surface area contributed by atoms with Crippen LogP contribution in [0.15, 0.2) is 24.3 Å². The number of benzene rings is 1. The first-order valence-corrected chi connectivity index (χ1v) is 10.5. The summed E-state index contributed by atoms with van der Waals surface area (Å²) in [7, 11) is 0. The Morgan fingerprint density at radius 1 is 0.968 bits per heavy atom. The van der Waals surface area contributed by atoms with Gasteiger partial charge in [-0.2, -0.15) is 0 Å². The van der Waals surface area contributed by atoms with Gasteiger partial charge < -0.3 is 15.4 Å². The Bertz CT molecular complexity index is 779. The number of hydrogen-bond acceptors (Lipinski definition) is 5. The van der Waals surface area contributed by atoms with Crippen molar-refractivity contribution in [3.8, 4) is 0 Å². The number of urea groups is 1. The van der Waals surface area contributed by atoms with Crippen molar-refractivity contribution in [3.63, 3.8) is 0 Å². The average molecular weight is 434 g/mol. The number of hydrogen-bond donors (Lipinski definition) is 3. The van der Waals surface area contributed by atoms with Gasteiger partial charge in [0, 0.05) is 12.1 Å². The largest absolute Gasteiger partial charge is 0.454 e. The lowest BCUT2D eigenvalue weighted by Crippen LogP contribution is -2.47. The Labute approximate surface area is 184 Å². The number of amides is 4. The maximum Gasteiger partial charge on any atom is 0.329 e. The smallest absolute Gasteiger partial charge is 0.329 e. The maximum absolute atomic E-state index is 12.6. The standard InChI is InChI=1S/C23H35N3O5/c1-14(2)12-24-22(30)25-18(27)13-31-21(29)19(15(3)4)26-20(28)16-8-10-17(11-9-16)23(5,6)7/h8-11,14-15,19H,12-13H2,1-7H3,(H,26,28)(H2,24,25,27,30). The average Bonchev–Trinajstić information content (AvgIpc) is 2.67. The minimum atomic E-state index is -0.933. The lowest BCUT2D eigenvalue weighted by atomic mass is 9.86. The molecule has 1 aromatic rings. The molecule has 172 valence electrons. The highest BCUT2D eigenvalue weighted by Gasteiger charge is 2.27. The normalized spacial score (nSPS) is 12.3. The first-order valence-electron chi connectivity index (χ1n) is 10.5. The fourth-order valence-electron chi connectivity index (χ4n) is 2.57. The quantitative estimate of drug-likeness (QED) is 0.546. The molecule has 8 nitrogen and oxygen atoms in total. The molecule has 0 fully saturated rings. The van der Waals surface area contributed by atoms with Crippen LogP contribution in [0.25, 0.3) is 0 Å². The van der Waals surface area contributed by atoms with Gasteiger partial charge in [0.2, 0.25) is 0 Å². The minimum absolute atomic E-state index is 0.0362. The molecule has 0 aliphatic carbocycles. The maximum atomic E-state index is 12.6. The molecule has 0 saturated carbocycles. The van der Waals surface area contributed by atoms with E-state index < -0.39 is 36.5 Å². The van der Waals surface area contributed by atoms with E-state index in [1.165, 1.54) is 0 Å². The van der Waals surface area contributed by atoms with Crippen LogP contribution < -0.4 is 16.0 Å². The van der Waals surface area contributed by atoms with Crippen molar-refractivity contribution in [1.82, 2.24) is 16.0 Å². The number of carbonyl (C=O) groups is 4. The van der Waals surface area contributed by atoms with Crippen LogP contribution in [0.3, 0.4) is 0 Å². The van der Waals surface area contributed by atoms with Crippen molar-refractivity contribution < 1.29 is 23.9 Å². The summed E-state index contributed by atoms with van der Waals surface area (Å²) in [5, 5.41) is 7.28. The number of esters is 1. The van der Waals surface area contributed by atoms with Crippen molar-refractivity contribution >= 4 is 23.8 Å². The molecule has 0 aromatic heterocycles. The molecule has 0 radical (unpaired) electrons. The van der Waals surface area contributed by atoms with Crippen LogP contribution in [0, 0.1) is 11.8 Å². The van der Waals surface area contributed by atoms with Crippen LogP contribution in [0.5, 0.6) is 0 Å². The summed E-state index contributed by atoms with van der Waals surface area (Å²) in [6.45, 7) is 13.4. The van der Waals surface area contributed by atoms with Crippen molar-refractivity contribution in [2.45, 2.75) is 59.9 Å². The van der Waals surface area contributed by atoms with Gasteiger partial charge in [0.25, 0.3) is 11.8 Å². The van der Waals surface area contributed by atoms with Crippen LogP contribution in [-0.4, -0.2) is 43.0 Å². The summed E-state index contributed by atoms with van der Waals surface area (Å²) in [5.41, 5.74) is 1.48. The Morgan fingerprint density at radius 2 is 1.55 bits per heavy atom. The second-order valence-corrected chi connectivity index (χ2v) is 9.28. The molecule has 1 aromatic carbocycles. The lowest BCUT2D eigenvalue weighted by molar-refractivity contribution is -0.151. The number of rotatable bonds is 8. The highest BCUT2D eigenvalue weighted by atomic mass is 16.5. The van der Waals surface area contributed by atoms with E-state index in [2.05, 4.69) is 36.7 Å². The molecule has 0 bridgehead atoms. The van der Waals surface area contributed by atoms with Crippen molar-refractivity contribution in [3.05, 3.63) is 35.4 Å². The Kier molecular flexibility index (Phi) is 9.68. The topological polar surface area (TPSA) is 114 Å². The third kappa shape index (κ3) is 9.19. The molecule has 0 aliphatic heterocycles. The molecule has 0 aliphatic rings. The van der Waals surface area contributed by atoms with Crippen molar-refractivity contribution in [2.75, 3.05) is 13.2 Å². The summed E-state index contributed by atoms with van der Waals surface area (Å²) in [6.07, 6.45) is 0. The second kappa shape index (κ2) is 11.5. The molecular weight excluding hydrogens is 398 g/mol.